The molecule has 5 nitrogen and oxygen atoms in total. The summed E-state index contributed by atoms with van der Waals surface area (Å²) < 4.78 is 7.08. The lowest BCUT2D eigenvalue weighted by Gasteiger charge is -2.19. The van der Waals surface area contributed by atoms with Gasteiger partial charge in [0, 0.05) is 13.7 Å². The van der Waals surface area contributed by atoms with Crippen molar-refractivity contribution in [2.45, 2.75) is 32.2 Å². The molecule has 2 aromatic rings. The zero-order chi connectivity index (χ0) is 14.9. The number of methoxy groups -OCH3 is 1. The molecule has 0 aliphatic carbocycles. The summed E-state index contributed by atoms with van der Waals surface area (Å²) in [5.74, 6) is 0. The molecule has 5 heteroatoms. The summed E-state index contributed by atoms with van der Waals surface area (Å²) in [4.78, 5) is 0. The molecule has 1 atom stereocenters. The van der Waals surface area contributed by atoms with Gasteiger partial charge in [-0.1, -0.05) is 30.3 Å². The minimum Gasteiger partial charge on any atom is -0.385 e. The van der Waals surface area contributed by atoms with Gasteiger partial charge in [-0.2, -0.15) is 0 Å². The Kier molecular flexibility index (Phi) is 6.37. The number of hydrogen-bond donors (Lipinski definition) is 1. The van der Waals surface area contributed by atoms with Crippen LogP contribution in [0.25, 0.3) is 5.69 Å². The highest BCUT2D eigenvalue weighted by molar-refractivity contribution is 5.32. The third-order valence-corrected chi connectivity index (χ3v) is 3.42. The Hall–Kier alpha value is -1.72. The Bertz CT molecular complexity index is 512. The predicted molar refractivity (Wildman–Crippen MR) is 83.5 cm³/mol. The maximum Gasteiger partial charge on any atom is 0.0815 e. The largest absolute Gasteiger partial charge is 0.385 e. The molecule has 0 saturated carbocycles. The fourth-order valence-electron chi connectivity index (χ4n) is 2.36. The molecule has 1 aromatic heterocycles. The molecule has 0 aliphatic heterocycles. The quantitative estimate of drug-likeness (QED) is 0.721. The van der Waals surface area contributed by atoms with E-state index < -0.39 is 0 Å². The number of aromatic nitrogens is 3. The van der Waals surface area contributed by atoms with E-state index in [4.69, 9.17) is 4.74 Å². The lowest BCUT2D eigenvalue weighted by Crippen LogP contribution is -2.25. The number of nitrogens with one attached hydrogen (secondary N) is 1. The van der Waals surface area contributed by atoms with Crippen LogP contribution in [-0.2, 0) is 4.74 Å². The van der Waals surface area contributed by atoms with Gasteiger partial charge < -0.3 is 10.1 Å². The van der Waals surface area contributed by atoms with E-state index in [2.05, 4.69) is 22.6 Å². The summed E-state index contributed by atoms with van der Waals surface area (Å²) in [6.45, 7) is 3.93. The molecule has 0 saturated heterocycles. The van der Waals surface area contributed by atoms with E-state index in [9.17, 15) is 0 Å². The van der Waals surface area contributed by atoms with Crippen LogP contribution in [0.3, 0.4) is 0 Å². The van der Waals surface area contributed by atoms with Crippen molar-refractivity contribution in [3.05, 3.63) is 42.2 Å². The minimum absolute atomic E-state index is 0.246. The van der Waals surface area contributed by atoms with Crippen LogP contribution in [0.4, 0.5) is 0 Å². The summed E-state index contributed by atoms with van der Waals surface area (Å²) in [7, 11) is 1.74. The van der Waals surface area contributed by atoms with Crippen LogP contribution in [0.1, 0.15) is 37.9 Å². The Morgan fingerprint density at radius 2 is 2.10 bits per heavy atom. The smallest absolute Gasteiger partial charge is 0.0815 e. The highest BCUT2D eigenvalue weighted by atomic mass is 16.5. The SMILES string of the molecule is CCCNC(CCCOC)c1cnnn1-c1ccccc1. The molecule has 1 unspecified atom stereocenters. The first-order valence-corrected chi connectivity index (χ1v) is 7.55. The molecular formula is C16H24N4O. The van der Waals surface area contributed by atoms with E-state index in [1.165, 1.54) is 0 Å². The Balaban J connectivity index is 2.17. The van der Waals surface area contributed by atoms with Gasteiger partial charge in [0.1, 0.15) is 0 Å². The van der Waals surface area contributed by atoms with Crippen molar-refractivity contribution in [3.63, 3.8) is 0 Å². The standard InChI is InChI=1S/C16H24N4O/c1-3-11-17-15(10-7-12-21-2)16-13-18-19-20(16)14-8-5-4-6-9-14/h4-6,8-9,13,15,17H,3,7,10-12H2,1-2H3. The normalized spacial score (nSPS) is 12.5. The van der Waals surface area contributed by atoms with Crippen LogP contribution in [0, 0.1) is 0 Å². The highest BCUT2D eigenvalue weighted by Gasteiger charge is 2.17. The van der Waals surface area contributed by atoms with Crippen LogP contribution in [0.15, 0.2) is 36.5 Å². The lowest BCUT2D eigenvalue weighted by molar-refractivity contribution is 0.188. The summed E-state index contributed by atoms with van der Waals surface area (Å²) in [5.41, 5.74) is 2.14. The first-order valence-electron chi connectivity index (χ1n) is 7.55. The van der Waals surface area contributed by atoms with Crippen molar-refractivity contribution in [2.75, 3.05) is 20.3 Å². The first kappa shape index (κ1) is 15.7. The molecular weight excluding hydrogens is 264 g/mol. The van der Waals surface area contributed by atoms with Crippen LogP contribution in [0.2, 0.25) is 0 Å². The van der Waals surface area contributed by atoms with Crippen molar-refractivity contribution in [3.8, 4) is 5.69 Å². The van der Waals surface area contributed by atoms with Crippen LogP contribution < -0.4 is 5.32 Å². The van der Waals surface area contributed by atoms with Gasteiger partial charge in [-0.15, -0.1) is 5.10 Å². The summed E-state index contributed by atoms with van der Waals surface area (Å²) in [6.07, 6.45) is 4.98. The molecule has 1 heterocycles. The molecule has 0 fully saturated rings. The maximum absolute atomic E-state index is 5.16. The number of hydrogen-bond acceptors (Lipinski definition) is 4. The van der Waals surface area contributed by atoms with E-state index >= 15 is 0 Å². The van der Waals surface area contributed by atoms with Gasteiger partial charge in [-0.25, -0.2) is 4.68 Å². The monoisotopic (exact) mass is 288 g/mol. The topological polar surface area (TPSA) is 52.0 Å². The lowest BCUT2D eigenvalue weighted by atomic mass is 10.1. The average molecular weight is 288 g/mol. The van der Waals surface area contributed by atoms with Crippen molar-refractivity contribution in [1.29, 1.82) is 0 Å². The van der Waals surface area contributed by atoms with Gasteiger partial charge in [0.15, 0.2) is 0 Å². The number of ether oxygens (including phenoxy) is 1. The van der Waals surface area contributed by atoms with Gasteiger partial charge in [0.05, 0.1) is 23.6 Å². The first-order chi connectivity index (χ1) is 10.4. The zero-order valence-electron chi connectivity index (χ0n) is 12.8. The van der Waals surface area contributed by atoms with Crippen molar-refractivity contribution < 1.29 is 4.74 Å². The second kappa shape index (κ2) is 8.54. The molecule has 0 radical (unpaired) electrons. The molecule has 2 rings (SSSR count). The molecule has 0 amide bonds. The average Bonchev–Trinajstić information content (AvgIpc) is 3.01. The molecule has 21 heavy (non-hydrogen) atoms. The summed E-state index contributed by atoms with van der Waals surface area (Å²) in [5, 5.41) is 11.9. The minimum atomic E-state index is 0.246. The molecule has 1 aromatic carbocycles. The molecule has 0 bridgehead atoms. The number of rotatable bonds is 9. The predicted octanol–water partition coefficient (Wildman–Crippen LogP) is 2.73. The number of benzene rings is 1. The van der Waals surface area contributed by atoms with Crippen molar-refractivity contribution >= 4 is 0 Å². The molecule has 0 spiro atoms. The van der Waals surface area contributed by atoms with Gasteiger partial charge in [0.25, 0.3) is 0 Å². The van der Waals surface area contributed by atoms with E-state index in [1.807, 2.05) is 41.2 Å². The van der Waals surface area contributed by atoms with Crippen LogP contribution >= 0.6 is 0 Å². The number of nitrogens with zero attached hydrogens (tertiary/aromatic N) is 3. The van der Waals surface area contributed by atoms with E-state index in [1.54, 1.807) is 7.11 Å². The van der Waals surface area contributed by atoms with Crippen molar-refractivity contribution in [2.24, 2.45) is 0 Å². The van der Waals surface area contributed by atoms with Gasteiger partial charge in [-0.3, -0.25) is 0 Å². The molecule has 1 N–H and O–H groups in total. The van der Waals surface area contributed by atoms with E-state index in [0.29, 0.717) is 0 Å². The maximum atomic E-state index is 5.16. The third-order valence-electron chi connectivity index (χ3n) is 3.42. The van der Waals surface area contributed by atoms with E-state index in [-0.39, 0.29) is 6.04 Å². The van der Waals surface area contributed by atoms with Gasteiger partial charge in [0.2, 0.25) is 0 Å². The van der Waals surface area contributed by atoms with Gasteiger partial charge in [-0.05, 0) is 37.9 Å². The van der Waals surface area contributed by atoms with E-state index in [0.717, 1.165) is 43.8 Å². The molecule has 0 aliphatic rings. The zero-order valence-corrected chi connectivity index (χ0v) is 12.8. The van der Waals surface area contributed by atoms with Crippen molar-refractivity contribution in [1.82, 2.24) is 20.3 Å². The Morgan fingerprint density at radius 3 is 2.81 bits per heavy atom. The van der Waals surface area contributed by atoms with Crippen LogP contribution in [0.5, 0.6) is 0 Å². The number of para-hydroxylation sites is 1. The summed E-state index contributed by atoms with van der Waals surface area (Å²) in [6, 6.07) is 10.4. The Morgan fingerprint density at radius 1 is 1.29 bits per heavy atom. The second-order valence-corrected chi connectivity index (χ2v) is 5.05. The summed E-state index contributed by atoms with van der Waals surface area (Å²) >= 11 is 0. The fourth-order valence-corrected chi connectivity index (χ4v) is 2.36. The fraction of sp³-hybridized carbons (Fsp3) is 0.500. The van der Waals surface area contributed by atoms with Gasteiger partial charge >= 0.3 is 0 Å². The third kappa shape index (κ3) is 4.37. The molecule has 114 valence electrons. The Labute approximate surface area is 126 Å². The highest BCUT2D eigenvalue weighted by Crippen LogP contribution is 2.20. The van der Waals surface area contributed by atoms with Crippen LogP contribution in [-0.4, -0.2) is 35.3 Å². The second-order valence-electron chi connectivity index (χ2n) is 5.05.